The van der Waals surface area contributed by atoms with Crippen LogP contribution in [0.25, 0.3) is 22.2 Å². The molecule has 1 amide bonds. The summed E-state index contributed by atoms with van der Waals surface area (Å²) in [6, 6.07) is 5.42. The number of nitrogens with one attached hydrogen (secondary N) is 1. The molecule has 0 radical (unpaired) electrons. The first-order valence-corrected chi connectivity index (χ1v) is 15.5. The number of anilines is 1. The highest BCUT2D eigenvalue weighted by Crippen LogP contribution is 2.41. The van der Waals surface area contributed by atoms with Gasteiger partial charge in [0.05, 0.1) is 10.9 Å². The molecule has 5 aliphatic rings. The first kappa shape index (κ1) is 27.7. The van der Waals surface area contributed by atoms with E-state index in [4.69, 9.17) is 21.3 Å². The molecule has 3 aromatic rings. The summed E-state index contributed by atoms with van der Waals surface area (Å²) in [4.78, 5) is 31.0. The summed E-state index contributed by atoms with van der Waals surface area (Å²) in [6.45, 7) is 2.75. The lowest BCUT2D eigenvalue weighted by Gasteiger charge is -2.35. The maximum atomic E-state index is 16.5. The van der Waals surface area contributed by atoms with Crippen molar-refractivity contribution >= 4 is 34.2 Å². The number of hydrogen-bond donors (Lipinski definition) is 1. The Kier molecular flexibility index (Phi) is 7.38. The second-order valence-electron chi connectivity index (χ2n) is 12.2. The minimum Gasteiger partial charge on any atom is -0.461 e. The topological polar surface area (TPSA) is 83.5 Å². The fourth-order valence-electron chi connectivity index (χ4n) is 7.37. The number of piperidine rings is 1. The van der Waals surface area contributed by atoms with Gasteiger partial charge in [0.25, 0.3) is 0 Å². The van der Waals surface area contributed by atoms with Crippen molar-refractivity contribution in [2.75, 3.05) is 37.7 Å². The molecule has 222 valence electrons. The van der Waals surface area contributed by atoms with Gasteiger partial charge in [-0.3, -0.25) is 14.7 Å². The normalized spacial score (nSPS) is 26.5. The van der Waals surface area contributed by atoms with Crippen molar-refractivity contribution in [1.29, 1.82) is 0 Å². The van der Waals surface area contributed by atoms with E-state index in [9.17, 15) is 9.18 Å². The van der Waals surface area contributed by atoms with E-state index in [1.165, 1.54) is 0 Å². The number of benzene rings is 1. The first-order chi connectivity index (χ1) is 20.4. The molecule has 0 saturated carbocycles. The van der Waals surface area contributed by atoms with Gasteiger partial charge in [0, 0.05) is 55.3 Å². The molecule has 0 aliphatic carbocycles. The van der Waals surface area contributed by atoms with Crippen molar-refractivity contribution in [3.8, 4) is 17.3 Å². The third-order valence-electron chi connectivity index (χ3n) is 9.42. The Bertz CT molecular complexity index is 1520. The Hall–Kier alpha value is -3.11. The van der Waals surface area contributed by atoms with Crippen molar-refractivity contribution in [3.63, 3.8) is 0 Å². The molecule has 8 rings (SSSR count). The number of aromatic nitrogens is 3. The van der Waals surface area contributed by atoms with E-state index in [0.29, 0.717) is 67.1 Å². The van der Waals surface area contributed by atoms with E-state index < -0.39 is 12.0 Å². The molecule has 11 heteroatoms. The van der Waals surface area contributed by atoms with Crippen LogP contribution >= 0.6 is 11.6 Å². The average molecular weight is 597 g/mol. The summed E-state index contributed by atoms with van der Waals surface area (Å²) in [6.07, 6.45) is 7.17. The lowest BCUT2D eigenvalue weighted by molar-refractivity contribution is -0.122. The number of ether oxygens (including phenoxy) is 1. The average Bonchev–Trinajstić information content (AvgIpc) is 3.50. The second kappa shape index (κ2) is 11.2. The molecule has 3 fully saturated rings. The molecule has 8 nitrogen and oxygen atoms in total. The number of amides is 1. The van der Waals surface area contributed by atoms with Gasteiger partial charge in [0.15, 0.2) is 5.82 Å². The number of rotatable bonds is 3. The minimum atomic E-state index is -0.882. The van der Waals surface area contributed by atoms with Crippen molar-refractivity contribution in [2.45, 2.75) is 75.5 Å². The molecular formula is C31H35ClF2N6O2. The smallest absolute Gasteiger partial charge is 0.319 e. The van der Waals surface area contributed by atoms with Crippen LogP contribution < -0.4 is 15.0 Å². The van der Waals surface area contributed by atoms with Gasteiger partial charge < -0.3 is 15.0 Å². The van der Waals surface area contributed by atoms with Gasteiger partial charge in [0.2, 0.25) is 5.91 Å². The number of alkyl halides is 1. The fraction of sp³-hybridized carbons (Fsp3) is 0.548. The highest BCUT2D eigenvalue weighted by Gasteiger charge is 2.49. The van der Waals surface area contributed by atoms with E-state index >= 15 is 4.39 Å². The molecular weight excluding hydrogens is 562 g/mol. The van der Waals surface area contributed by atoms with Gasteiger partial charge in [0.1, 0.15) is 29.8 Å². The van der Waals surface area contributed by atoms with Crippen LogP contribution in [0.1, 0.15) is 56.9 Å². The number of nitrogens with zero attached hydrogens (tertiary/aromatic N) is 5. The van der Waals surface area contributed by atoms with Crippen LogP contribution in [-0.4, -0.2) is 76.3 Å². The molecule has 6 bridgehead atoms. The molecule has 42 heavy (non-hydrogen) atoms. The summed E-state index contributed by atoms with van der Waals surface area (Å²) in [5.41, 5.74) is 1.32. The summed E-state index contributed by atoms with van der Waals surface area (Å²) in [7, 11) is 0. The van der Waals surface area contributed by atoms with Crippen LogP contribution in [-0.2, 0) is 11.2 Å². The maximum Gasteiger partial charge on any atom is 0.319 e. The Morgan fingerprint density at radius 1 is 1.12 bits per heavy atom. The Morgan fingerprint density at radius 3 is 2.90 bits per heavy atom. The zero-order valence-electron chi connectivity index (χ0n) is 23.6. The zero-order valence-corrected chi connectivity index (χ0v) is 24.3. The maximum absolute atomic E-state index is 16.5. The van der Waals surface area contributed by atoms with Crippen LogP contribution in [0.15, 0.2) is 24.4 Å². The lowest BCUT2D eigenvalue weighted by atomic mass is 9.95. The van der Waals surface area contributed by atoms with Gasteiger partial charge in [-0.2, -0.15) is 9.97 Å². The number of halogens is 3. The van der Waals surface area contributed by atoms with Crippen molar-refractivity contribution in [1.82, 2.24) is 25.2 Å². The predicted octanol–water partition coefficient (Wildman–Crippen LogP) is 5.25. The minimum absolute atomic E-state index is 0.0318. The zero-order chi connectivity index (χ0) is 28.8. The Balaban J connectivity index is 1.34. The van der Waals surface area contributed by atoms with E-state index in [1.54, 1.807) is 18.3 Å². The molecule has 1 N–H and O–H groups in total. The van der Waals surface area contributed by atoms with Gasteiger partial charge in [-0.05, 0) is 63.1 Å². The third-order valence-corrected chi connectivity index (χ3v) is 9.77. The molecule has 3 saturated heterocycles. The number of carbonyl (C=O) groups excluding carboxylic acids is 1. The monoisotopic (exact) mass is 596 g/mol. The van der Waals surface area contributed by atoms with Crippen LogP contribution in [0, 0.1) is 5.82 Å². The van der Waals surface area contributed by atoms with Crippen LogP contribution in [0.2, 0.25) is 5.02 Å². The first-order valence-electron chi connectivity index (χ1n) is 15.1. The van der Waals surface area contributed by atoms with E-state index in [1.807, 2.05) is 6.07 Å². The van der Waals surface area contributed by atoms with E-state index in [2.05, 4.69) is 25.1 Å². The number of carbonyl (C=O) groups is 1. The summed E-state index contributed by atoms with van der Waals surface area (Å²) < 4.78 is 37.2. The second-order valence-corrected chi connectivity index (χ2v) is 12.6. The Labute approximate surface area is 248 Å². The molecule has 7 heterocycles. The largest absolute Gasteiger partial charge is 0.461 e. The van der Waals surface area contributed by atoms with E-state index in [-0.39, 0.29) is 41.3 Å². The van der Waals surface area contributed by atoms with Gasteiger partial charge >= 0.3 is 6.01 Å². The van der Waals surface area contributed by atoms with Crippen molar-refractivity contribution < 1.29 is 18.3 Å². The number of fused-ring (bicyclic) bond motifs is 7. The van der Waals surface area contributed by atoms with Crippen LogP contribution in [0.5, 0.6) is 6.01 Å². The van der Waals surface area contributed by atoms with Crippen molar-refractivity contribution in [3.05, 3.63) is 40.8 Å². The number of hydrogen-bond acceptors (Lipinski definition) is 7. The Morgan fingerprint density at radius 2 is 2.00 bits per heavy atom. The van der Waals surface area contributed by atoms with Gasteiger partial charge in [-0.1, -0.05) is 23.7 Å². The van der Waals surface area contributed by atoms with E-state index in [0.717, 1.165) is 44.2 Å². The molecule has 0 spiro atoms. The van der Waals surface area contributed by atoms with Crippen LogP contribution in [0.4, 0.5) is 14.6 Å². The van der Waals surface area contributed by atoms with Gasteiger partial charge in [-0.15, -0.1) is 0 Å². The SMILES string of the molecule is O=C1CCCCc2c(Cl)cccc2-c2ncc3c(nc(OC[C@@]45CCCN4C[C@H](F)C5)nc3c2F)N2CCC[C@H](C2)N1. The molecule has 2 aromatic heterocycles. The van der Waals surface area contributed by atoms with Crippen molar-refractivity contribution in [2.24, 2.45) is 0 Å². The summed E-state index contributed by atoms with van der Waals surface area (Å²) in [5, 5.41) is 4.21. The molecule has 5 aliphatic heterocycles. The molecule has 0 unspecified atom stereocenters. The quantitative estimate of drug-likeness (QED) is 0.442. The van der Waals surface area contributed by atoms with Crippen LogP contribution in [0.3, 0.4) is 0 Å². The highest BCUT2D eigenvalue weighted by atomic mass is 35.5. The third kappa shape index (κ3) is 5.06. The lowest BCUT2D eigenvalue weighted by Crippen LogP contribution is -2.48. The highest BCUT2D eigenvalue weighted by molar-refractivity contribution is 6.31. The summed E-state index contributed by atoms with van der Waals surface area (Å²) >= 11 is 6.61. The molecule has 3 atom stereocenters. The number of pyridine rings is 1. The fourth-order valence-corrected chi connectivity index (χ4v) is 7.64. The summed E-state index contributed by atoms with van der Waals surface area (Å²) in [5.74, 6) is 0.00837. The predicted molar refractivity (Wildman–Crippen MR) is 157 cm³/mol. The standard InChI is InChI=1S/C31H35ClF2N6O2/c32-24-9-3-8-22-21(24)7-1-2-10-25(41)36-20-6-4-12-39(17-20)29-23-15-35-27(22)26(34)28(23)37-30(38-29)42-18-31-11-5-13-40(31)16-19(33)14-31/h3,8-9,15,19-20H,1-2,4-7,10-14,16-18H2,(H,36,41)/t19-,20-,31+/m1/s1. The molecule has 1 aromatic carbocycles. The van der Waals surface area contributed by atoms with Gasteiger partial charge in [-0.25, -0.2) is 8.78 Å².